The van der Waals surface area contributed by atoms with E-state index in [-0.39, 0.29) is 0 Å². The molecule has 0 spiro atoms. The molecule has 0 bridgehead atoms. The summed E-state index contributed by atoms with van der Waals surface area (Å²) in [6.45, 7) is 5.14. The van der Waals surface area contributed by atoms with E-state index in [0.29, 0.717) is 0 Å². The average molecular weight is 161 g/mol. The van der Waals surface area contributed by atoms with Crippen molar-refractivity contribution < 1.29 is 15.0 Å². The summed E-state index contributed by atoms with van der Waals surface area (Å²) >= 11 is 0. The van der Waals surface area contributed by atoms with E-state index in [1.54, 1.807) is 20.8 Å². The zero-order valence-corrected chi connectivity index (χ0v) is 7.03. The standard InChI is InChI=1S/C7H15NO3/c1-7(2,3)5(10)4(9)6(8)11/h4-5,9-10H,1-3H3,(H2,8,11)/t4-,5-/m1/s1. The Morgan fingerprint density at radius 1 is 1.36 bits per heavy atom. The molecule has 66 valence electrons. The van der Waals surface area contributed by atoms with Gasteiger partial charge in [-0.2, -0.15) is 0 Å². The minimum atomic E-state index is -1.48. The summed E-state index contributed by atoms with van der Waals surface area (Å²) in [6.07, 6.45) is -2.59. The number of primary amides is 1. The topological polar surface area (TPSA) is 83.6 Å². The van der Waals surface area contributed by atoms with Crippen molar-refractivity contribution in [3.05, 3.63) is 0 Å². The molecule has 4 N–H and O–H groups in total. The van der Waals surface area contributed by atoms with Gasteiger partial charge in [-0.1, -0.05) is 20.8 Å². The second kappa shape index (κ2) is 3.19. The molecule has 0 saturated carbocycles. The Labute approximate surface area is 66.0 Å². The molecular formula is C7H15NO3. The molecule has 0 rings (SSSR count). The molecule has 0 aromatic rings. The number of aliphatic hydroxyl groups excluding tert-OH is 2. The number of carbonyl (C=O) groups excluding carboxylic acids is 1. The van der Waals surface area contributed by atoms with Crippen LogP contribution in [0.5, 0.6) is 0 Å². The Morgan fingerprint density at radius 3 is 1.82 bits per heavy atom. The average Bonchev–Trinajstić information content (AvgIpc) is 1.82. The Morgan fingerprint density at radius 2 is 1.73 bits per heavy atom. The second-order valence-electron chi connectivity index (χ2n) is 3.66. The van der Waals surface area contributed by atoms with Crippen LogP contribution in [0.3, 0.4) is 0 Å². The number of carbonyl (C=O) groups is 1. The molecule has 4 nitrogen and oxygen atoms in total. The number of amides is 1. The van der Waals surface area contributed by atoms with Crippen LogP contribution in [-0.4, -0.2) is 28.3 Å². The van der Waals surface area contributed by atoms with E-state index in [2.05, 4.69) is 0 Å². The first-order valence-electron chi connectivity index (χ1n) is 3.42. The third kappa shape index (κ3) is 2.86. The summed E-state index contributed by atoms with van der Waals surface area (Å²) in [5, 5.41) is 18.3. The maximum absolute atomic E-state index is 10.4. The van der Waals surface area contributed by atoms with Crippen molar-refractivity contribution in [3.63, 3.8) is 0 Å². The largest absolute Gasteiger partial charge is 0.389 e. The highest BCUT2D eigenvalue weighted by Crippen LogP contribution is 2.21. The van der Waals surface area contributed by atoms with E-state index in [4.69, 9.17) is 10.8 Å². The fourth-order valence-corrected chi connectivity index (χ4v) is 0.629. The lowest BCUT2D eigenvalue weighted by molar-refractivity contribution is -0.136. The van der Waals surface area contributed by atoms with Gasteiger partial charge in [0, 0.05) is 0 Å². The van der Waals surface area contributed by atoms with E-state index < -0.39 is 23.5 Å². The van der Waals surface area contributed by atoms with Gasteiger partial charge in [-0.05, 0) is 5.41 Å². The molecule has 0 radical (unpaired) electrons. The van der Waals surface area contributed by atoms with E-state index in [9.17, 15) is 9.90 Å². The molecule has 0 heterocycles. The molecule has 0 aliphatic heterocycles. The SMILES string of the molecule is CC(C)(C)[C@H](O)[C@@H](O)C(N)=O. The van der Waals surface area contributed by atoms with Crippen molar-refractivity contribution in [2.75, 3.05) is 0 Å². The van der Waals surface area contributed by atoms with Crippen LogP contribution in [-0.2, 0) is 4.79 Å². The van der Waals surface area contributed by atoms with E-state index >= 15 is 0 Å². The summed E-state index contributed by atoms with van der Waals surface area (Å²) in [5.74, 6) is -0.896. The van der Waals surface area contributed by atoms with Crippen LogP contribution in [0.25, 0.3) is 0 Å². The normalized spacial score (nSPS) is 17.5. The predicted molar refractivity (Wildman–Crippen MR) is 40.7 cm³/mol. The van der Waals surface area contributed by atoms with Crippen LogP contribution in [0.15, 0.2) is 0 Å². The fraction of sp³-hybridized carbons (Fsp3) is 0.857. The summed E-state index contributed by atoms with van der Waals surface area (Å²) in [6, 6.07) is 0. The lowest BCUT2D eigenvalue weighted by Gasteiger charge is -2.28. The van der Waals surface area contributed by atoms with Gasteiger partial charge >= 0.3 is 0 Å². The molecular weight excluding hydrogens is 146 g/mol. The van der Waals surface area contributed by atoms with Gasteiger partial charge in [0.15, 0.2) is 6.10 Å². The quantitative estimate of drug-likeness (QED) is 0.497. The monoisotopic (exact) mass is 161 g/mol. The van der Waals surface area contributed by atoms with Crippen LogP contribution in [0.1, 0.15) is 20.8 Å². The molecule has 0 aromatic carbocycles. The molecule has 0 aromatic heterocycles. The van der Waals surface area contributed by atoms with E-state index in [0.717, 1.165) is 0 Å². The third-order valence-electron chi connectivity index (χ3n) is 1.48. The van der Waals surface area contributed by atoms with Gasteiger partial charge in [-0.3, -0.25) is 4.79 Å². The first-order valence-corrected chi connectivity index (χ1v) is 3.42. The van der Waals surface area contributed by atoms with Crippen molar-refractivity contribution in [1.29, 1.82) is 0 Å². The lowest BCUT2D eigenvalue weighted by Crippen LogP contribution is -2.45. The third-order valence-corrected chi connectivity index (χ3v) is 1.48. The van der Waals surface area contributed by atoms with Gasteiger partial charge in [0.1, 0.15) is 0 Å². The van der Waals surface area contributed by atoms with Gasteiger partial charge < -0.3 is 15.9 Å². The number of aliphatic hydroxyl groups is 2. The van der Waals surface area contributed by atoms with Crippen LogP contribution < -0.4 is 5.73 Å². The molecule has 4 heteroatoms. The molecule has 0 saturated heterocycles. The van der Waals surface area contributed by atoms with Gasteiger partial charge in [-0.15, -0.1) is 0 Å². The number of hydrogen-bond donors (Lipinski definition) is 3. The predicted octanol–water partition coefficient (Wildman–Crippen LogP) is -0.760. The summed E-state index contributed by atoms with van der Waals surface area (Å²) < 4.78 is 0. The Kier molecular flexibility index (Phi) is 3.02. The molecule has 0 aliphatic carbocycles. The van der Waals surface area contributed by atoms with Crippen LogP contribution in [0.2, 0.25) is 0 Å². The van der Waals surface area contributed by atoms with Gasteiger partial charge in [-0.25, -0.2) is 0 Å². The maximum atomic E-state index is 10.4. The first kappa shape index (κ1) is 10.4. The fourth-order valence-electron chi connectivity index (χ4n) is 0.629. The molecule has 2 atom stereocenters. The van der Waals surface area contributed by atoms with Gasteiger partial charge in [0.05, 0.1) is 6.10 Å². The zero-order chi connectivity index (χ0) is 9.23. The molecule has 1 amide bonds. The van der Waals surface area contributed by atoms with Crippen molar-refractivity contribution in [2.24, 2.45) is 11.1 Å². The van der Waals surface area contributed by atoms with Crippen LogP contribution in [0, 0.1) is 5.41 Å². The van der Waals surface area contributed by atoms with Crippen molar-refractivity contribution in [2.45, 2.75) is 33.0 Å². The number of nitrogens with two attached hydrogens (primary N) is 1. The lowest BCUT2D eigenvalue weighted by atomic mass is 9.86. The Bertz CT molecular complexity index is 150. The van der Waals surface area contributed by atoms with E-state index in [1.807, 2.05) is 0 Å². The number of rotatable bonds is 2. The molecule has 0 fully saturated rings. The summed E-state index contributed by atoms with van der Waals surface area (Å²) in [7, 11) is 0. The Hall–Kier alpha value is -0.610. The van der Waals surface area contributed by atoms with Crippen LogP contribution in [0.4, 0.5) is 0 Å². The van der Waals surface area contributed by atoms with Crippen molar-refractivity contribution in [1.82, 2.24) is 0 Å². The highest BCUT2D eigenvalue weighted by molar-refractivity contribution is 5.79. The molecule has 0 aliphatic rings. The highest BCUT2D eigenvalue weighted by atomic mass is 16.3. The number of hydrogen-bond acceptors (Lipinski definition) is 3. The maximum Gasteiger partial charge on any atom is 0.248 e. The smallest absolute Gasteiger partial charge is 0.248 e. The van der Waals surface area contributed by atoms with Gasteiger partial charge in [0.2, 0.25) is 5.91 Å². The van der Waals surface area contributed by atoms with Gasteiger partial charge in [0.25, 0.3) is 0 Å². The van der Waals surface area contributed by atoms with E-state index in [1.165, 1.54) is 0 Å². The second-order valence-corrected chi connectivity index (χ2v) is 3.66. The zero-order valence-electron chi connectivity index (χ0n) is 7.03. The summed E-state index contributed by atoms with van der Waals surface area (Å²) in [4.78, 5) is 10.4. The minimum Gasteiger partial charge on any atom is -0.389 e. The summed E-state index contributed by atoms with van der Waals surface area (Å²) in [5.41, 5.74) is 4.25. The van der Waals surface area contributed by atoms with Crippen molar-refractivity contribution in [3.8, 4) is 0 Å². The van der Waals surface area contributed by atoms with Crippen molar-refractivity contribution >= 4 is 5.91 Å². The molecule has 0 unspecified atom stereocenters. The van der Waals surface area contributed by atoms with Crippen LogP contribution >= 0.6 is 0 Å². The first-order chi connectivity index (χ1) is 4.76. The Balaban J connectivity index is 4.25. The minimum absolute atomic E-state index is 0.533. The highest BCUT2D eigenvalue weighted by Gasteiger charge is 2.32. The molecule has 11 heavy (non-hydrogen) atoms.